The van der Waals surface area contributed by atoms with Crippen molar-refractivity contribution in [3.8, 4) is 11.4 Å². The van der Waals surface area contributed by atoms with Crippen LogP contribution < -0.4 is 5.32 Å². The molecule has 0 saturated carbocycles. The molecule has 0 spiro atoms. The molecule has 1 aromatic carbocycles. The second-order valence-electron chi connectivity index (χ2n) is 5.63. The first-order valence-electron chi connectivity index (χ1n) is 7.65. The topological polar surface area (TPSA) is 42.7 Å². The van der Waals surface area contributed by atoms with Crippen molar-refractivity contribution < 1.29 is 4.39 Å². The summed E-state index contributed by atoms with van der Waals surface area (Å²) >= 11 is 0. The van der Waals surface area contributed by atoms with Crippen LogP contribution in [0.15, 0.2) is 42.6 Å². The summed E-state index contributed by atoms with van der Waals surface area (Å²) in [6.45, 7) is 0.986. The van der Waals surface area contributed by atoms with E-state index < -0.39 is 0 Å². The average molecular weight is 296 g/mol. The molecule has 3 heterocycles. The van der Waals surface area contributed by atoms with E-state index in [4.69, 9.17) is 4.98 Å². The Labute approximate surface area is 128 Å². The standard InChI is InChI=1S/C17H17FN4/c18-13-6-3-5-12(11-13)16-21-14-7-4-10-20-17(14)22(16)15-8-1-2-9-19-15/h3-7,10-11,15,19H,1-2,8-9H2. The first-order valence-corrected chi connectivity index (χ1v) is 7.65. The summed E-state index contributed by atoms with van der Waals surface area (Å²) in [5, 5.41) is 3.53. The van der Waals surface area contributed by atoms with Crippen molar-refractivity contribution in [2.24, 2.45) is 0 Å². The molecular formula is C17H17FN4. The molecule has 4 nitrogen and oxygen atoms in total. The van der Waals surface area contributed by atoms with Crippen molar-refractivity contribution in [2.45, 2.75) is 25.4 Å². The molecule has 0 amide bonds. The van der Waals surface area contributed by atoms with E-state index in [9.17, 15) is 4.39 Å². The number of piperidine rings is 1. The van der Waals surface area contributed by atoms with E-state index in [0.29, 0.717) is 0 Å². The predicted molar refractivity (Wildman–Crippen MR) is 83.8 cm³/mol. The largest absolute Gasteiger partial charge is 0.297 e. The lowest BCUT2D eigenvalue weighted by Crippen LogP contribution is -2.31. The maximum Gasteiger partial charge on any atom is 0.161 e. The number of nitrogens with one attached hydrogen (secondary N) is 1. The lowest BCUT2D eigenvalue weighted by atomic mass is 10.1. The zero-order valence-electron chi connectivity index (χ0n) is 12.2. The molecule has 1 atom stereocenters. The number of pyridine rings is 1. The molecule has 112 valence electrons. The van der Waals surface area contributed by atoms with E-state index in [2.05, 4.69) is 14.9 Å². The number of hydrogen-bond donors (Lipinski definition) is 1. The molecule has 0 aliphatic carbocycles. The van der Waals surface area contributed by atoms with Crippen molar-refractivity contribution in [1.82, 2.24) is 19.9 Å². The van der Waals surface area contributed by atoms with Crippen molar-refractivity contribution in [2.75, 3.05) is 6.54 Å². The van der Waals surface area contributed by atoms with Crippen molar-refractivity contribution in [3.05, 3.63) is 48.4 Å². The Hall–Kier alpha value is -2.27. The number of aromatic nitrogens is 3. The lowest BCUT2D eigenvalue weighted by Gasteiger charge is -2.26. The Balaban J connectivity index is 1.93. The van der Waals surface area contributed by atoms with Gasteiger partial charge in [-0.15, -0.1) is 0 Å². The molecule has 1 fully saturated rings. The third-order valence-electron chi connectivity index (χ3n) is 4.13. The molecule has 1 saturated heterocycles. The third-order valence-corrected chi connectivity index (χ3v) is 4.13. The van der Waals surface area contributed by atoms with Crippen LogP contribution in [0.2, 0.25) is 0 Å². The maximum absolute atomic E-state index is 13.6. The van der Waals surface area contributed by atoms with E-state index in [0.717, 1.165) is 35.5 Å². The van der Waals surface area contributed by atoms with Crippen LogP contribution in [0.3, 0.4) is 0 Å². The van der Waals surface area contributed by atoms with Crippen molar-refractivity contribution in [3.63, 3.8) is 0 Å². The van der Waals surface area contributed by atoms with Gasteiger partial charge >= 0.3 is 0 Å². The Morgan fingerprint density at radius 2 is 2.14 bits per heavy atom. The van der Waals surface area contributed by atoms with Crippen LogP contribution in [0.5, 0.6) is 0 Å². The van der Waals surface area contributed by atoms with Crippen LogP contribution in [0, 0.1) is 5.82 Å². The summed E-state index contributed by atoms with van der Waals surface area (Å²) in [4.78, 5) is 9.18. The van der Waals surface area contributed by atoms with Crippen LogP contribution in [0.4, 0.5) is 4.39 Å². The smallest absolute Gasteiger partial charge is 0.161 e. The van der Waals surface area contributed by atoms with Gasteiger partial charge in [-0.2, -0.15) is 0 Å². The molecule has 0 radical (unpaired) electrons. The fourth-order valence-corrected chi connectivity index (χ4v) is 3.11. The highest BCUT2D eigenvalue weighted by Crippen LogP contribution is 2.30. The van der Waals surface area contributed by atoms with Gasteiger partial charge in [0.05, 0.1) is 6.17 Å². The van der Waals surface area contributed by atoms with Gasteiger partial charge < -0.3 is 0 Å². The molecule has 1 aliphatic heterocycles. The van der Waals surface area contributed by atoms with E-state index in [-0.39, 0.29) is 12.0 Å². The highest BCUT2D eigenvalue weighted by atomic mass is 19.1. The van der Waals surface area contributed by atoms with E-state index in [1.165, 1.54) is 25.0 Å². The number of benzene rings is 1. The summed E-state index contributed by atoms with van der Waals surface area (Å²) in [7, 11) is 0. The summed E-state index contributed by atoms with van der Waals surface area (Å²) in [5.41, 5.74) is 2.47. The second kappa shape index (κ2) is 5.50. The molecule has 5 heteroatoms. The number of nitrogens with zero attached hydrogens (tertiary/aromatic N) is 3. The van der Waals surface area contributed by atoms with Gasteiger partial charge in [-0.1, -0.05) is 12.1 Å². The predicted octanol–water partition coefficient (Wildman–Crippen LogP) is 3.51. The van der Waals surface area contributed by atoms with Gasteiger partial charge in [0.2, 0.25) is 0 Å². The van der Waals surface area contributed by atoms with Crippen LogP contribution in [-0.4, -0.2) is 21.1 Å². The van der Waals surface area contributed by atoms with Crippen LogP contribution in [0.25, 0.3) is 22.6 Å². The lowest BCUT2D eigenvalue weighted by molar-refractivity contribution is 0.328. The summed E-state index contributed by atoms with van der Waals surface area (Å²) in [6.07, 6.45) is 5.33. The van der Waals surface area contributed by atoms with Crippen LogP contribution >= 0.6 is 0 Å². The third kappa shape index (κ3) is 2.27. The molecule has 2 aromatic heterocycles. The van der Waals surface area contributed by atoms with E-state index >= 15 is 0 Å². The molecule has 4 rings (SSSR count). The monoisotopic (exact) mass is 296 g/mol. The molecule has 1 aliphatic rings. The first-order chi connectivity index (χ1) is 10.8. The van der Waals surface area contributed by atoms with Gasteiger partial charge in [0.1, 0.15) is 17.2 Å². The molecule has 1 N–H and O–H groups in total. The van der Waals surface area contributed by atoms with E-state index in [1.54, 1.807) is 12.3 Å². The highest BCUT2D eigenvalue weighted by Gasteiger charge is 2.22. The molecular weight excluding hydrogens is 279 g/mol. The van der Waals surface area contributed by atoms with Crippen LogP contribution in [0.1, 0.15) is 25.4 Å². The van der Waals surface area contributed by atoms with Gasteiger partial charge in [0.25, 0.3) is 0 Å². The SMILES string of the molecule is Fc1cccc(-c2nc3cccnc3n2C2CCCCN2)c1. The summed E-state index contributed by atoms with van der Waals surface area (Å²) in [6, 6.07) is 10.4. The molecule has 0 bridgehead atoms. The fraction of sp³-hybridized carbons (Fsp3) is 0.294. The second-order valence-corrected chi connectivity index (χ2v) is 5.63. The van der Waals surface area contributed by atoms with Gasteiger partial charge in [-0.3, -0.25) is 9.88 Å². The quantitative estimate of drug-likeness (QED) is 0.787. The Morgan fingerprint density at radius 3 is 2.95 bits per heavy atom. The number of imidazole rings is 1. The van der Waals surface area contributed by atoms with Gasteiger partial charge in [-0.25, -0.2) is 14.4 Å². The van der Waals surface area contributed by atoms with Crippen LogP contribution in [-0.2, 0) is 0 Å². The molecule has 1 unspecified atom stereocenters. The minimum Gasteiger partial charge on any atom is -0.297 e. The van der Waals surface area contributed by atoms with Crippen molar-refractivity contribution >= 4 is 11.2 Å². The summed E-state index contributed by atoms with van der Waals surface area (Å²) in [5.74, 6) is 0.522. The minimum atomic E-state index is -0.249. The number of halogens is 1. The molecule has 22 heavy (non-hydrogen) atoms. The molecule has 3 aromatic rings. The summed E-state index contributed by atoms with van der Waals surface area (Å²) < 4.78 is 15.7. The Bertz CT molecular complexity index is 805. The maximum atomic E-state index is 13.6. The first kappa shape index (κ1) is 13.4. The average Bonchev–Trinajstić information content (AvgIpc) is 2.95. The number of hydrogen-bond acceptors (Lipinski definition) is 3. The minimum absolute atomic E-state index is 0.159. The Morgan fingerprint density at radius 1 is 1.18 bits per heavy atom. The van der Waals surface area contributed by atoms with Gasteiger partial charge in [0.15, 0.2) is 5.65 Å². The Kier molecular flexibility index (Phi) is 3.35. The van der Waals surface area contributed by atoms with E-state index in [1.807, 2.05) is 18.2 Å². The zero-order valence-corrected chi connectivity index (χ0v) is 12.2. The fourth-order valence-electron chi connectivity index (χ4n) is 3.11. The van der Waals surface area contributed by atoms with Gasteiger partial charge in [-0.05, 0) is 50.1 Å². The normalized spacial score (nSPS) is 18.7. The van der Waals surface area contributed by atoms with Crippen molar-refractivity contribution in [1.29, 1.82) is 0 Å². The zero-order chi connectivity index (χ0) is 14.9. The number of fused-ring (bicyclic) bond motifs is 1. The highest BCUT2D eigenvalue weighted by molar-refractivity contribution is 5.77. The van der Waals surface area contributed by atoms with Gasteiger partial charge in [0, 0.05) is 11.8 Å². The number of rotatable bonds is 2.